The first-order valence-corrected chi connectivity index (χ1v) is 17.2. The summed E-state index contributed by atoms with van der Waals surface area (Å²) in [7, 11) is 0. The van der Waals surface area contributed by atoms with Crippen LogP contribution in [-0.2, 0) is 26.5 Å². The molecule has 0 aliphatic carbocycles. The predicted molar refractivity (Wildman–Crippen MR) is 210 cm³/mol. The van der Waals surface area contributed by atoms with E-state index >= 15 is 0 Å². The van der Waals surface area contributed by atoms with E-state index in [0.29, 0.717) is 0 Å². The van der Waals surface area contributed by atoms with Crippen LogP contribution in [0.25, 0.3) is 77.8 Å². The van der Waals surface area contributed by atoms with Crippen LogP contribution in [0.15, 0.2) is 180 Å². The molecule has 253 valence electrons. The Morgan fingerprint density at radius 1 is 0.519 bits per heavy atom. The molecule has 0 aliphatic rings. The monoisotopic (exact) mass is 847 g/mol. The number of nitrogens with zero attached hydrogens (tertiary/aromatic N) is 2. The predicted octanol–water partition coefficient (Wildman–Crippen LogP) is 12.6. The molecule has 3 nitrogen and oxygen atoms in total. The number of hydrogen-bond donors (Lipinski definition) is 0. The molecule has 1 radical (unpaired) electrons. The van der Waals surface area contributed by atoms with Crippen LogP contribution in [0.1, 0.15) is 12.6 Å². The third-order valence-corrected chi connectivity index (χ3v) is 9.05. The maximum Gasteiger partial charge on any atom is 0.143 e. The zero-order valence-corrected chi connectivity index (χ0v) is 31.0. The third-order valence-electron chi connectivity index (χ3n) is 9.05. The van der Waals surface area contributed by atoms with Gasteiger partial charge in [0.1, 0.15) is 11.2 Å². The summed E-state index contributed by atoms with van der Waals surface area (Å²) in [4.78, 5) is 8.99. The van der Waals surface area contributed by atoms with Gasteiger partial charge in [-0.3, -0.25) is 0 Å². The Morgan fingerprint density at radius 3 is 1.90 bits per heavy atom. The molecule has 0 saturated carbocycles. The fourth-order valence-electron chi connectivity index (χ4n) is 6.37. The van der Waals surface area contributed by atoms with Crippen molar-refractivity contribution in [1.82, 2.24) is 9.97 Å². The van der Waals surface area contributed by atoms with E-state index in [1.807, 2.05) is 60.7 Å². The molecule has 0 fully saturated rings. The van der Waals surface area contributed by atoms with E-state index < -0.39 is 0 Å². The van der Waals surface area contributed by atoms with E-state index in [1.54, 1.807) is 6.20 Å². The smallest absolute Gasteiger partial charge is 0.143 e. The zero-order valence-electron chi connectivity index (χ0n) is 28.6. The van der Waals surface area contributed by atoms with Gasteiger partial charge in [-0.1, -0.05) is 116 Å². The molecule has 0 aliphatic heterocycles. The molecule has 0 bridgehead atoms. The summed E-state index contributed by atoms with van der Waals surface area (Å²) in [6, 6.07) is 64.7. The van der Waals surface area contributed by atoms with E-state index in [0.717, 1.165) is 73.3 Å². The summed E-state index contributed by atoms with van der Waals surface area (Å²) in [5, 5.41) is 2.30. The van der Waals surface area contributed by atoms with Crippen LogP contribution < -0.4 is 0 Å². The van der Waals surface area contributed by atoms with Gasteiger partial charge in [-0.2, -0.15) is 0 Å². The van der Waals surface area contributed by atoms with Gasteiger partial charge in [0.05, 0.1) is 0 Å². The Morgan fingerprint density at radius 2 is 1.17 bits per heavy atom. The minimum atomic E-state index is 0. The first kappa shape index (κ1) is 34.5. The van der Waals surface area contributed by atoms with Gasteiger partial charge in [-0.25, -0.2) is 0 Å². The maximum absolute atomic E-state index is 6.25. The Bertz CT molecular complexity index is 2510. The summed E-state index contributed by atoms with van der Waals surface area (Å²) < 4.78 is 6.25. The molecule has 0 unspecified atom stereocenters. The van der Waals surface area contributed by atoms with E-state index in [9.17, 15) is 0 Å². The van der Waals surface area contributed by atoms with Crippen LogP contribution in [0.5, 0.6) is 0 Å². The summed E-state index contributed by atoms with van der Waals surface area (Å²) in [5.74, 6) is 0. The van der Waals surface area contributed by atoms with E-state index in [4.69, 9.17) is 9.40 Å². The minimum Gasteiger partial charge on any atom is -0.455 e. The van der Waals surface area contributed by atoms with Crippen molar-refractivity contribution in [3.05, 3.63) is 194 Å². The normalized spacial score (nSPS) is 10.7. The molecule has 0 N–H and O–H groups in total. The van der Waals surface area contributed by atoms with Crippen LogP contribution in [0, 0.1) is 12.1 Å². The van der Waals surface area contributed by atoms with Crippen molar-refractivity contribution >= 4 is 21.9 Å². The van der Waals surface area contributed by atoms with Crippen molar-refractivity contribution in [3.63, 3.8) is 0 Å². The summed E-state index contributed by atoms with van der Waals surface area (Å²) in [6.45, 7) is 2.13. The second-order valence-electron chi connectivity index (χ2n) is 12.3. The van der Waals surface area contributed by atoms with Gasteiger partial charge in [0.15, 0.2) is 0 Å². The summed E-state index contributed by atoms with van der Waals surface area (Å²) in [6.07, 6.45) is 2.71. The van der Waals surface area contributed by atoms with Gasteiger partial charge in [0.25, 0.3) is 0 Å². The van der Waals surface area contributed by atoms with Gasteiger partial charge in [-0.05, 0) is 58.3 Å². The van der Waals surface area contributed by atoms with Crippen LogP contribution >= 0.6 is 0 Å². The standard InChI is InChI=1S/C37H26NO.C11H8N.Ir/c1-2-31-10-6-14-35(38-31)30-9-5-8-29(24-30)27-18-16-25(17-19-27)26-20-22-28(23-21-26)32-12-7-13-34-33-11-3-4-15-36(33)39-37(32)34;1-2-6-10(7-3-1)11-8-4-5-9-12-11;/h3-8,10-24H,2H2,1H3;1-6,8-9H;/q2*-1;. The van der Waals surface area contributed by atoms with Crippen LogP contribution in [0.3, 0.4) is 0 Å². The summed E-state index contributed by atoms with van der Waals surface area (Å²) >= 11 is 0. The SMILES string of the molecule is CCc1cccc(-c2[c-]ccc(-c3ccc(-c4ccc(-c5cccc6c5oc5ccccc56)cc4)cc3)c2)n1.[Ir].[c-]1ccccc1-c1ccccn1. The number of rotatable bonds is 6. The molecule has 3 heterocycles. The molecular weight excluding hydrogens is 813 g/mol. The Hall–Kier alpha value is -5.93. The Labute approximate surface area is 318 Å². The van der Waals surface area contributed by atoms with Crippen molar-refractivity contribution in [2.45, 2.75) is 13.3 Å². The molecule has 0 amide bonds. The molecule has 0 saturated heterocycles. The average molecular weight is 847 g/mol. The summed E-state index contributed by atoms with van der Waals surface area (Å²) in [5.41, 5.74) is 13.9. The fourth-order valence-corrected chi connectivity index (χ4v) is 6.37. The third kappa shape index (κ3) is 7.40. The molecule has 0 spiro atoms. The second kappa shape index (κ2) is 16.0. The van der Waals surface area contributed by atoms with Crippen molar-refractivity contribution in [2.24, 2.45) is 0 Å². The van der Waals surface area contributed by atoms with E-state index in [-0.39, 0.29) is 20.1 Å². The fraction of sp³-hybridized carbons (Fsp3) is 0.0417. The van der Waals surface area contributed by atoms with Gasteiger partial charge in [0.2, 0.25) is 0 Å². The maximum atomic E-state index is 6.25. The topological polar surface area (TPSA) is 38.9 Å². The average Bonchev–Trinajstić information content (AvgIpc) is 3.61. The first-order valence-electron chi connectivity index (χ1n) is 17.2. The number of fused-ring (bicyclic) bond motifs is 3. The van der Waals surface area contributed by atoms with Crippen molar-refractivity contribution < 1.29 is 24.5 Å². The quantitative estimate of drug-likeness (QED) is 0.157. The molecule has 4 heteroatoms. The van der Waals surface area contributed by atoms with Crippen LogP contribution in [-0.4, -0.2) is 9.97 Å². The molecule has 9 aromatic rings. The second-order valence-corrected chi connectivity index (χ2v) is 12.3. The molecule has 52 heavy (non-hydrogen) atoms. The molecule has 3 aromatic heterocycles. The molecule has 0 atom stereocenters. The van der Waals surface area contributed by atoms with Crippen molar-refractivity contribution in [3.8, 4) is 55.9 Å². The van der Waals surface area contributed by atoms with E-state index in [1.165, 1.54) is 16.7 Å². The van der Waals surface area contributed by atoms with Gasteiger partial charge >= 0.3 is 0 Å². The molecule has 9 rings (SSSR count). The van der Waals surface area contributed by atoms with Crippen LogP contribution in [0.4, 0.5) is 0 Å². The molecule has 6 aromatic carbocycles. The first-order chi connectivity index (χ1) is 25.2. The van der Waals surface area contributed by atoms with E-state index in [2.05, 4.69) is 133 Å². The van der Waals surface area contributed by atoms with Gasteiger partial charge < -0.3 is 14.4 Å². The number of aromatic nitrogens is 2. The minimum absolute atomic E-state index is 0. The van der Waals surface area contributed by atoms with Crippen LogP contribution in [0.2, 0.25) is 0 Å². The number of benzene rings is 6. The largest absolute Gasteiger partial charge is 0.455 e. The number of pyridine rings is 2. The van der Waals surface area contributed by atoms with Gasteiger partial charge in [0, 0.05) is 48.3 Å². The zero-order chi connectivity index (χ0) is 34.4. The van der Waals surface area contributed by atoms with Crippen molar-refractivity contribution in [1.29, 1.82) is 0 Å². The molecular formula is C48H34IrN2O-2. The number of hydrogen-bond acceptors (Lipinski definition) is 3. The Kier molecular flexibility index (Phi) is 10.6. The number of para-hydroxylation sites is 2. The number of aryl methyl sites for hydroxylation is 1. The Balaban J connectivity index is 0.000000275. The van der Waals surface area contributed by atoms with Gasteiger partial charge in [-0.15, -0.1) is 71.3 Å². The number of furan rings is 1. The van der Waals surface area contributed by atoms with Crippen molar-refractivity contribution in [2.75, 3.05) is 0 Å².